The molecule has 1 nitrogen and oxygen atoms in total. The second-order valence-corrected chi connectivity index (χ2v) is 3.05. The number of benzene rings is 1. The van der Waals surface area contributed by atoms with E-state index in [4.69, 9.17) is 4.74 Å². The normalized spacial score (nSPS) is 12.9. The number of allylic oxidation sites excluding steroid dienone is 1. The van der Waals surface area contributed by atoms with Crippen LogP contribution in [0.1, 0.15) is 5.56 Å². The first-order chi connectivity index (χ1) is 6.86. The highest BCUT2D eigenvalue weighted by Crippen LogP contribution is 2.01. The topological polar surface area (TPSA) is 9.23 Å². The van der Waals surface area contributed by atoms with Gasteiger partial charge in [-0.15, -0.1) is 6.58 Å². The zero-order chi connectivity index (χ0) is 10.2. The number of ether oxygens (including phenoxy) is 1. The maximum absolute atomic E-state index is 5.13. The highest BCUT2D eigenvalue weighted by molar-refractivity contribution is 5.18. The van der Waals surface area contributed by atoms with Gasteiger partial charge in [-0.05, 0) is 12.0 Å². The maximum Gasteiger partial charge on any atom is 0.0931 e. The first-order valence-corrected chi connectivity index (χ1v) is 4.72. The van der Waals surface area contributed by atoms with Gasteiger partial charge in [0.2, 0.25) is 0 Å². The molecule has 1 unspecified atom stereocenters. The van der Waals surface area contributed by atoms with E-state index in [-0.39, 0.29) is 6.10 Å². The molecule has 0 N–H and O–H groups in total. The highest BCUT2D eigenvalue weighted by atomic mass is 16.5. The molecule has 0 bridgehead atoms. The lowest BCUT2D eigenvalue weighted by Gasteiger charge is -2.02. The fourth-order valence-electron chi connectivity index (χ4n) is 1.21. The molecular weight excluding hydrogens is 172 g/mol. The summed E-state index contributed by atoms with van der Waals surface area (Å²) in [5, 5.41) is 0. The monoisotopic (exact) mass is 188 g/mol. The van der Waals surface area contributed by atoms with Crippen molar-refractivity contribution in [1.82, 2.24) is 0 Å². The van der Waals surface area contributed by atoms with Crippen molar-refractivity contribution in [2.24, 2.45) is 0 Å². The van der Waals surface area contributed by atoms with Gasteiger partial charge in [-0.25, -0.2) is 0 Å². The molecule has 0 saturated heterocycles. The molecule has 0 amide bonds. The average Bonchev–Trinajstić information content (AvgIpc) is 2.26. The van der Waals surface area contributed by atoms with Crippen molar-refractivity contribution in [2.45, 2.75) is 12.5 Å². The summed E-state index contributed by atoms with van der Waals surface area (Å²) >= 11 is 0. The molecule has 0 radical (unpaired) electrons. The van der Waals surface area contributed by atoms with Crippen LogP contribution in [0.4, 0.5) is 0 Å². The molecule has 14 heavy (non-hydrogen) atoms. The van der Waals surface area contributed by atoms with E-state index in [0.717, 1.165) is 6.42 Å². The molecule has 74 valence electrons. The molecule has 1 aromatic carbocycles. The molecule has 0 aliphatic heterocycles. The molecule has 0 aromatic heterocycles. The van der Waals surface area contributed by atoms with Crippen LogP contribution >= 0.6 is 0 Å². The Morgan fingerprint density at radius 2 is 2.07 bits per heavy atom. The van der Waals surface area contributed by atoms with Crippen LogP contribution in [0, 0.1) is 0 Å². The standard InChI is InChI=1S/C13H16O/c1-3-13(14-2)11-7-10-12-8-5-4-6-9-12/h3-9,11,13H,1,10H2,2H3/b11-7+. The van der Waals surface area contributed by atoms with Gasteiger partial charge in [0.15, 0.2) is 0 Å². The molecular formula is C13H16O. The predicted octanol–water partition coefficient (Wildman–Crippen LogP) is 2.99. The molecule has 1 rings (SSSR count). The SMILES string of the molecule is C=CC(/C=C/Cc1ccccc1)OC. The fraction of sp³-hybridized carbons (Fsp3) is 0.231. The van der Waals surface area contributed by atoms with Crippen molar-refractivity contribution in [3.8, 4) is 0 Å². The van der Waals surface area contributed by atoms with Gasteiger partial charge in [0, 0.05) is 7.11 Å². The van der Waals surface area contributed by atoms with Gasteiger partial charge in [-0.3, -0.25) is 0 Å². The molecule has 0 aliphatic rings. The number of rotatable bonds is 5. The van der Waals surface area contributed by atoms with Crippen LogP contribution in [-0.2, 0) is 11.2 Å². The number of methoxy groups -OCH3 is 1. The Hall–Kier alpha value is -1.34. The van der Waals surface area contributed by atoms with Gasteiger partial charge in [0.1, 0.15) is 0 Å². The lowest BCUT2D eigenvalue weighted by atomic mass is 10.1. The van der Waals surface area contributed by atoms with Gasteiger partial charge in [-0.2, -0.15) is 0 Å². The molecule has 1 aromatic rings. The molecule has 0 fully saturated rings. The number of hydrogen-bond acceptors (Lipinski definition) is 1. The molecule has 0 heterocycles. The third-order valence-electron chi connectivity index (χ3n) is 2.03. The van der Waals surface area contributed by atoms with E-state index in [0.29, 0.717) is 0 Å². The van der Waals surface area contributed by atoms with Gasteiger partial charge < -0.3 is 4.74 Å². The highest BCUT2D eigenvalue weighted by Gasteiger charge is 1.93. The minimum atomic E-state index is 0.0266. The van der Waals surface area contributed by atoms with E-state index in [9.17, 15) is 0 Å². The van der Waals surface area contributed by atoms with E-state index < -0.39 is 0 Å². The molecule has 0 spiro atoms. The van der Waals surface area contributed by atoms with Gasteiger partial charge >= 0.3 is 0 Å². The largest absolute Gasteiger partial charge is 0.373 e. The second-order valence-electron chi connectivity index (χ2n) is 3.05. The van der Waals surface area contributed by atoms with Crippen LogP contribution in [0.2, 0.25) is 0 Å². The van der Waals surface area contributed by atoms with Crippen molar-refractivity contribution >= 4 is 0 Å². The molecule has 1 heteroatoms. The Balaban J connectivity index is 2.44. The molecule has 0 saturated carbocycles. The smallest absolute Gasteiger partial charge is 0.0931 e. The summed E-state index contributed by atoms with van der Waals surface area (Å²) in [6.07, 6.45) is 6.86. The summed E-state index contributed by atoms with van der Waals surface area (Å²) in [5.41, 5.74) is 1.31. The van der Waals surface area contributed by atoms with Crippen LogP contribution < -0.4 is 0 Å². The van der Waals surface area contributed by atoms with E-state index >= 15 is 0 Å². The van der Waals surface area contributed by atoms with Crippen molar-refractivity contribution in [1.29, 1.82) is 0 Å². The predicted molar refractivity (Wildman–Crippen MR) is 60.3 cm³/mol. The van der Waals surface area contributed by atoms with Crippen LogP contribution in [0.3, 0.4) is 0 Å². The summed E-state index contributed by atoms with van der Waals surface area (Å²) in [6.45, 7) is 3.68. The lowest BCUT2D eigenvalue weighted by Crippen LogP contribution is -2.00. The Morgan fingerprint density at radius 1 is 1.36 bits per heavy atom. The van der Waals surface area contributed by atoms with Crippen LogP contribution in [0.5, 0.6) is 0 Å². The first kappa shape index (κ1) is 10.7. The molecule has 1 atom stereocenters. The summed E-state index contributed by atoms with van der Waals surface area (Å²) in [4.78, 5) is 0. The van der Waals surface area contributed by atoms with Gasteiger partial charge in [-0.1, -0.05) is 48.6 Å². The minimum absolute atomic E-state index is 0.0266. The Morgan fingerprint density at radius 3 is 2.64 bits per heavy atom. The van der Waals surface area contributed by atoms with E-state index in [1.807, 2.05) is 24.3 Å². The lowest BCUT2D eigenvalue weighted by molar-refractivity contribution is 0.178. The zero-order valence-electron chi connectivity index (χ0n) is 8.52. The average molecular weight is 188 g/mol. The maximum atomic E-state index is 5.13. The van der Waals surface area contributed by atoms with Gasteiger partial charge in [0.25, 0.3) is 0 Å². The van der Waals surface area contributed by atoms with Crippen LogP contribution in [-0.4, -0.2) is 13.2 Å². The van der Waals surface area contributed by atoms with E-state index in [1.54, 1.807) is 13.2 Å². The molecule has 0 aliphatic carbocycles. The van der Waals surface area contributed by atoms with E-state index in [2.05, 4.69) is 24.8 Å². The van der Waals surface area contributed by atoms with Crippen molar-refractivity contribution in [3.05, 3.63) is 60.7 Å². The third kappa shape index (κ3) is 3.58. The summed E-state index contributed by atoms with van der Waals surface area (Å²) in [5.74, 6) is 0. The van der Waals surface area contributed by atoms with Crippen molar-refractivity contribution in [3.63, 3.8) is 0 Å². The summed E-state index contributed by atoms with van der Waals surface area (Å²) in [7, 11) is 1.68. The Kier molecular flexibility index (Phi) is 4.73. The zero-order valence-corrected chi connectivity index (χ0v) is 8.52. The summed E-state index contributed by atoms with van der Waals surface area (Å²) < 4.78 is 5.13. The minimum Gasteiger partial charge on any atom is -0.373 e. The quantitative estimate of drug-likeness (QED) is 0.645. The summed E-state index contributed by atoms with van der Waals surface area (Å²) in [6, 6.07) is 10.3. The van der Waals surface area contributed by atoms with Crippen LogP contribution in [0.25, 0.3) is 0 Å². The van der Waals surface area contributed by atoms with Gasteiger partial charge in [0.05, 0.1) is 6.10 Å². The van der Waals surface area contributed by atoms with Crippen molar-refractivity contribution < 1.29 is 4.74 Å². The van der Waals surface area contributed by atoms with Crippen LogP contribution in [0.15, 0.2) is 55.1 Å². The van der Waals surface area contributed by atoms with Crippen molar-refractivity contribution in [2.75, 3.05) is 7.11 Å². The first-order valence-electron chi connectivity index (χ1n) is 4.72. The Bertz CT molecular complexity index is 287. The van der Waals surface area contributed by atoms with E-state index in [1.165, 1.54) is 5.56 Å². The third-order valence-corrected chi connectivity index (χ3v) is 2.03. The Labute approximate surface area is 85.7 Å². The fourth-order valence-corrected chi connectivity index (χ4v) is 1.21. The second kappa shape index (κ2) is 6.17. The number of hydrogen-bond donors (Lipinski definition) is 0.